The maximum Gasteiger partial charge on any atom is 0.337 e. The summed E-state index contributed by atoms with van der Waals surface area (Å²) in [6.45, 7) is 5.55. The third-order valence-corrected chi connectivity index (χ3v) is 10.00. The average Bonchev–Trinajstić information content (AvgIpc) is 3.51. The number of halogens is 2. The van der Waals surface area contributed by atoms with E-state index in [0.29, 0.717) is 52.8 Å². The van der Waals surface area contributed by atoms with Gasteiger partial charge in [0, 0.05) is 43.7 Å². The maximum absolute atomic E-state index is 14.9. The first-order valence-corrected chi connectivity index (χ1v) is 15.9. The first kappa shape index (κ1) is 28.6. The molecule has 4 aromatic rings. The molecule has 45 heavy (non-hydrogen) atoms. The number of benzene rings is 3. The van der Waals surface area contributed by atoms with Crippen LogP contribution in [0.25, 0.3) is 11.0 Å². The molecule has 3 fully saturated rings. The van der Waals surface area contributed by atoms with Gasteiger partial charge >= 0.3 is 5.97 Å². The maximum atomic E-state index is 14.9. The second kappa shape index (κ2) is 10.9. The molecule has 3 aromatic carbocycles. The van der Waals surface area contributed by atoms with Gasteiger partial charge in [0.15, 0.2) is 11.5 Å². The summed E-state index contributed by atoms with van der Waals surface area (Å²) in [4.78, 5) is 22.3. The van der Waals surface area contributed by atoms with E-state index in [1.165, 1.54) is 13.2 Å². The molecule has 0 spiro atoms. The van der Waals surface area contributed by atoms with Gasteiger partial charge in [-0.05, 0) is 67.8 Å². The summed E-state index contributed by atoms with van der Waals surface area (Å²) < 4.78 is 40.6. The van der Waals surface area contributed by atoms with Crippen LogP contribution in [0.3, 0.4) is 0 Å². The molecule has 9 nitrogen and oxygen atoms in total. The van der Waals surface area contributed by atoms with Crippen molar-refractivity contribution in [1.29, 1.82) is 0 Å². The second-order valence-electron chi connectivity index (χ2n) is 12.4. The molecule has 0 bridgehead atoms. The zero-order chi connectivity index (χ0) is 30.9. The Morgan fingerprint density at radius 2 is 1.93 bits per heavy atom. The van der Waals surface area contributed by atoms with Crippen molar-refractivity contribution < 1.29 is 28.1 Å². The van der Waals surface area contributed by atoms with Gasteiger partial charge in [-0.2, -0.15) is 0 Å². The predicted octanol–water partition coefficient (Wildman–Crippen LogP) is 5.90. The van der Waals surface area contributed by atoms with Crippen LogP contribution in [0.5, 0.6) is 11.5 Å². The number of aromatic nitrogens is 2. The van der Waals surface area contributed by atoms with Crippen molar-refractivity contribution in [1.82, 2.24) is 14.5 Å². The monoisotopic (exact) mass is 632 g/mol. The van der Waals surface area contributed by atoms with Gasteiger partial charge in [0.05, 0.1) is 54.2 Å². The van der Waals surface area contributed by atoms with Gasteiger partial charge in [-0.1, -0.05) is 17.7 Å². The molecule has 3 aliphatic heterocycles. The van der Waals surface area contributed by atoms with Gasteiger partial charge in [0.1, 0.15) is 11.6 Å². The molecule has 8 rings (SSSR count). The Morgan fingerprint density at radius 3 is 2.67 bits per heavy atom. The first-order chi connectivity index (χ1) is 21.8. The van der Waals surface area contributed by atoms with Crippen LogP contribution in [0.1, 0.15) is 47.9 Å². The van der Waals surface area contributed by atoms with Gasteiger partial charge in [0.2, 0.25) is 0 Å². The Labute approximate surface area is 265 Å². The fraction of sp³-hybridized carbons (Fsp3) is 0.412. The van der Waals surface area contributed by atoms with E-state index in [0.717, 1.165) is 61.5 Å². The number of ether oxygens (including phenoxy) is 4. The van der Waals surface area contributed by atoms with Crippen molar-refractivity contribution >= 4 is 34.3 Å². The Bertz CT molecular complexity index is 1810. The molecule has 234 valence electrons. The Morgan fingerprint density at radius 1 is 1.09 bits per heavy atom. The normalized spacial score (nSPS) is 25.5. The van der Waals surface area contributed by atoms with E-state index in [4.69, 9.17) is 35.5 Å². The number of carbonyl (C=O) groups excluding carboxylic acids is 1. The molecule has 0 N–H and O–H groups in total. The van der Waals surface area contributed by atoms with Crippen LogP contribution in [0.2, 0.25) is 5.02 Å². The lowest BCUT2D eigenvalue weighted by Crippen LogP contribution is -2.64. The standard InChI is InChI=1S/C34H34ClFN4O5/c1-34(23-8-7-21(35)17-24(23)36)44-30-5-3-4-28(32(30)45-34)39-14-13-38(26-10-11-27(26)39)19-31-37-25-9-6-20(33(41)42-2)16-29(25)40(31)18-22-12-15-43-22/h3-9,16-17,22,26-27H,10-15,18-19H2,1-2H3/t22-,26+,27-,34?/m0/s1. The third-order valence-electron chi connectivity index (χ3n) is 9.76. The Hall–Kier alpha value is -3.86. The summed E-state index contributed by atoms with van der Waals surface area (Å²) in [5.74, 6) is 0.0754. The smallest absolute Gasteiger partial charge is 0.337 e. The molecule has 2 saturated heterocycles. The minimum atomic E-state index is -1.30. The van der Waals surface area contributed by atoms with Crippen LogP contribution in [0.15, 0.2) is 54.6 Å². The minimum absolute atomic E-state index is 0.144. The molecule has 4 atom stereocenters. The van der Waals surface area contributed by atoms with Crippen LogP contribution < -0.4 is 14.4 Å². The zero-order valence-corrected chi connectivity index (χ0v) is 25.9. The highest BCUT2D eigenvalue weighted by atomic mass is 35.5. The highest BCUT2D eigenvalue weighted by Crippen LogP contribution is 2.51. The second-order valence-corrected chi connectivity index (χ2v) is 12.8. The highest BCUT2D eigenvalue weighted by Gasteiger charge is 2.47. The van der Waals surface area contributed by atoms with E-state index in [2.05, 4.69) is 20.4 Å². The molecule has 1 saturated carbocycles. The van der Waals surface area contributed by atoms with Gasteiger partial charge in [-0.25, -0.2) is 14.2 Å². The third kappa shape index (κ3) is 4.81. The number of rotatable bonds is 7. The van der Waals surface area contributed by atoms with Crippen molar-refractivity contribution in [2.24, 2.45) is 0 Å². The summed E-state index contributed by atoms with van der Waals surface area (Å²) >= 11 is 6.01. The van der Waals surface area contributed by atoms with Gasteiger partial charge < -0.3 is 28.4 Å². The fourth-order valence-electron chi connectivity index (χ4n) is 7.18. The SMILES string of the molecule is COC(=O)c1ccc2nc(CN3CCN(c4cccc5c4OC(C)(c4ccc(Cl)cc4F)O5)[C@H]4CC[C@H]43)n(C[C@@H]3CCO3)c2c1. The van der Waals surface area contributed by atoms with Crippen LogP contribution in [-0.4, -0.2) is 65.4 Å². The summed E-state index contributed by atoms with van der Waals surface area (Å²) in [7, 11) is 1.40. The summed E-state index contributed by atoms with van der Waals surface area (Å²) in [6.07, 6.45) is 3.30. The predicted molar refractivity (Wildman–Crippen MR) is 166 cm³/mol. The van der Waals surface area contributed by atoms with Crippen LogP contribution >= 0.6 is 11.6 Å². The van der Waals surface area contributed by atoms with E-state index in [1.54, 1.807) is 25.1 Å². The van der Waals surface area contributed by atoms with E-state index in [-0.39, 0.29) is 12.1 Å². The lowest BCUT2D eigenvalue weighted by atomic mass is 9.81. The molecular weight excluding hydrogens is 599 g/mol. The number of piperazine rings is 1. The number of nitrogens with zero attached hydrogens (tertiary/aromatic N) is 4. The molecule has 1 aromatic heterocycles. The van der Waals surface area contributed by atoms with E-state index < -0.39 is 11.6 Å². The van der Waals surface area contributed by atoms with Crippen molar-refractivity contribution in [2.45, 2.75) is 63.3 Å². The van der Waals surface area contributed by atoms with Gasteiger partial charge in [-0.3, -0.25) is 4.90 Å². The van der Waals surface area contributed by atoms with E-state index in [9.17, 15) is 9.18 Å². The minimum Gasteiger partial charge on any atom is -0.465 e. The number of anilines is 1. The average molecular weight is 633 g/mol. The Kier molecular flexibility index (Phi) is 6.92. The highest BCUT2D eigenvalue weighted by molar-refractivity contribution is 6.30. The number of esters is 1. The molecular formula is C34H34ClFN4O5. The van der Waals surface area contributed by atoms with Crippen molar-refractivity contribution in [3.63, 3.8) is 0 Å². The lowest BCUT2D eigenvalue weighted by Gasteiger charge is -2.54. The fourth-order valence-corrected chi connectivity index (χ4v) is 7.34. The summed E-state index contributed by atoms with van der Waals surface area (Å²) in [5, 5.41) is 0.322. The number of fused-ring (bicyclic) bond motifs is 3. The van der Waals surface area contributed by atoms with Gasteiger partial charge in [-0.15, -0.1) is 0 Å². The molecule has 0 radical (unpaired) electrons. The number of imidazole rings is 1. The summed E-state index contributed by atoms with van der Waals surface area (Å²) in [6, 6.07) is 16.6. The molecule has 1 aliphatic carbocycles. The summed E-state index contributed by atoms with van der Waals surface area (Å²) in [5.41, 5.74) is 3.55. The van der Waals surface area contributed by atoms with Crippen molar-refractivity contribution in [2.75, 3.05) is 31.7 Å². The number of hydrogen-bond donors (Lipinski definition) is 0. The van der Waals surface area contributed by atoms with Crippen LogP contribution in [0.4, 0.5) is 10.1 Å². The quantitative estimate of drug-likeness (QED) is 0.233. The van der Waals surface area contributed by atoms with E-state index >= 15 is 0 Å². The number of carbonyl (C=O) groups is 1. The number of para-hydroxylation sites is 1. The number of methoxy groups -OCH3 is 1. The molecule has 1 unspecified atom stereocenters. The van der Waals surface area contributed by atoms with Crippen LogP contribution in [0, 0.1) is 5.82 Å². The lowest BCUT2D eigenvalue weighted by molar-refractivity contribution is -0.0706. The number of hydrogen-bond acceptors (Lipinski definition) is 8. The topological polar surface area (TPSA) is 78.3 Å². The van der Waals surface area contributed by atoms with Crippen molar-refractivity contribution in [3.8, 4) is 11.5 Å². The molecule has 4 aliphatic rings. The molecule has 11 heteroatoms. The van der Waals surface area contributed by atoms with Crippen LogP contribution in [-0.2, 0) is 28.4 Å². The largest absolute Gasteiger partial charge is 0.465 e. The Balaban J connectivity index is 1.05. The van der Waals surface area contributed by atoms with E-state index in [1.807, 2.05) is 24.3 Å². The van der Waals surface area contributed by atoms with Gasteiger partial charge in [0.25, 0.3) is 5.79 Å². The zero-order valence-electron chi connectivity index (χ0n) is 25.2. The first-order valence-electron chi connectivity index (χ1n) is 15.5. The van der Waals surface area contributed by atoms with Crippen molar-refractivity contribution in [3.05, 3.63) is 82.4 Å². The molecule has 4 heterocycles. The molecule has 0 amide bonds.